The van der Waals surface area contributed by atoms with Crippen LogP contribution in [-0.2, 0) is 6.61 Å². The van der Waals surface area contributed by atoms with Gasteiger partial charge in [-0.05, 0) is 32.4 Å². The van der Waals surface area contributed by atoms with Gasteiger partial charge in [-0.25, -0.2) is 14.1 Å². The quantitative estimate of drug-likeness (QED) is 0.836. The molecule has 96 valence electrons. The molecule has 0 bridgehead atoms. The van der Waals surface area contributed by atoms with Crippen LogP contribution in [0.5, 0.6) is 5.75 Å². The number of aryl methyl sites for hydroxylation is 1. The average Bonchev–Trinajstić information content (AvgIpc) is 2.79. The van der Waals surface area contributed by atoms with E-state index in [1.54, 1.807) is 10.7 Å². The highest BCUT2D eigenvalue weighted by Crippen LogP contribution is 2.20. The molecular weight excluding hydrogens is 233 g/mol. The van der Waals surface area contributed by atoms with E-state index in [-0.39, 0.29) is 18.5 Å². The summed E-state index contributed by atoms with van der Waals surface area (Å²) in [5, 5.41) is 4.12. The van der Waals surface area contributed by atoms with Gasteiger partial charge in [0.2, 0.25) is 0 Å². The number of aromatic nitrogens is 3. The van der Waals surface area contributed by atoms with E-state index in [9.17, 15) is 4.39 Å². The average molecular weight is 249 g/mol. The molecule has 0 aliphatic rings. The summed E-state index contributed by atoms with van der Waals surface area (Å²) >= 11 is 0. The number of ether oxygens (including phenoxy) is 1. The van der Waals surface area contributed by atoms with Crippen LogP contribution in [-0.4, -0.2) is 14.8 Å². The Labute approximate surface area is 105 Å². The number of hydrogen-bond acceptors (Lipinski definition) is 3. The van der Waals surface area contributed by atoms with E-state index >= 15 is 0 Å². The summed E-state index contributed by atoms with van der Waals surface area (Å²) in [5.41, 5.74) is 0.895. The SMILES string of the molecule is Cc1ccc(F)cc1OCc1ncnn1C(C)C. The summed E-state index contributed by atoms with van der Waals surface area (Å²) in [6, 6.07) is 4.71. The topological polar surface area (TPSA) is 39.9 Å². The van der Waals surface area contributed by atoms with E-state index in [2.05, 4.69) is 10.1 Å². The zero-order chi connectivity index (χ0) is 13.1. The van der Waals surface area contributed by atoms with Crippen LogP contribution < -0.4 is 4.74 Å². The van der Waals surface area contributed by atoms with Gasteiger partial charge < -0.3 is 4.74 Å². The monoisotopic (exact) mass is 249 g/mol. The van der Waals surface area contributed by atoms with E-state index in [1.165, 1.54) is 18.5 Å². The molecule has 1 heterocycles. The second kappa shape index (κ2) is 5.16. The predicted octanol–water partition coefficient (Wildman–Crippen LogP) is 2.89. The Hall–Kier alpha value is -1.91. The van der Waals surface area contributed by atoms with Crippen molar-refractivity contribution in [3.05, 3.63) is 41.7 Å². The number of halogens is 1. The van der Waals surface area contributed by atoms with Gasteiger partial charge in [0, 0.05) is 12.1 Å². The number of nitrogens with zero attached hydrogens (tertiary/aromatic N) is 3. The largest absolute Gasteiger partial charge is 0.485 e. The van der Waals surface area contributed by atoms with Crippen molar-refractivity contribution < 1.29 is 9.13 Å². The van der Waals surface area contributed by atoms with Gasteiger partial charge in [-0.1, -0.05) is 6.07 Å². The molecule has 0 aliphatic heterocycles. The summed E-state index contributed by atoms with van der Waals surface area (Å²) in [7, 11) is 0. The zero-order valence-electron chi connectivity index (χ0n) is 10.7. The van der Waals surface area contributed by atoms with Crippen LogP contribution >= 0.6 is 0 Å². The maximum Gasteiger partial charge on any atom is 0.165 e. The van der Waals surface area contributed by atoms with E-state index in [4.69, 9.17) is 4.74 Å². The zero-order valence-corrected chi connectivity index (χ0v) is 10.7. The fraction of sp³-hybridized carbons (Fsp3) is 0.385. The fourth-order valence-corrected chi connectivity index (χ4v) is 1.68. The van der Waals surface area contributed by atoms with Crippen LogP contribution in [0.15, 0.2) is 24.5 Å². The lowest BCUT2D eigenvalue weighted by atomic mass is 10.2. The van der Waals surface area contributed by atoms with Gasteiger partial charge >= 0.3 is 0 Å². The Balaban J connectivity index is 2.11. The summed E-state index contributed by atoms with van der Waals surface area (Å²) in [6.07, 6.45) is 1.50. The van der Waals surface area contributed by atoms with Crippen molar-refractivity contribution in [2.24, 2.45) is 0 Å². The molecule has 0 atom stereocenters. The first-order valence-corrected chi connectivity index (χ1v) is 5.85. The van der Waals surface area contributed by atoms with E-state index in [1.807, 2.05) is 20.8 Å². The lowest BCUT2D eigenvalue weighted by Crippen LogP contribution is -2.11. The lowest BCUT2D eigenvalue weighted by molar-refractivity contribution is 0.279. The first kappa shape index (κ1) is 12.5. The second-order valence-corrected chi connectivity index (χ2v) is 4.41. The fourth-order valence-electron chi connectivity index (χ4n) is 1.68. The molecule has 1 aromatic carbocycles. The summed E-state index contributed by atoms with van der Waals surface area (Å²) < 4.78 is 20.5. The van der Waals surface area contributed by atoms with Crippen LogP contribution in [0.25, 0.3) is 0 Å². The maximum atomic E-state index is 13.1. The molecule has 0 fully saturated rings. The third-order valence-electron chi connectivity index (χ3n) is 2.64. The Morgan fingerprint density at radius 1 is 1.39 bits per heavy atom. The molecule has 0 saturated carbocycles. The minimum Gasteiger partial charge on any atom is -0.485 e. The third kappa shape index (κ3) is 2.67. The Morgan fingerprint density at radius 3 is 2.89 bits per heavy atom. The molecule has 0 amide bonds. The highest BCUT2D eigenvalue weighted by atomic mass is 19.1. The van der Waals surface area contributed by atoms with Gasteiger partial charge in [-0.2, -0.15) is 5.10 Å². The molecule has 5 heteroatoms. The number of rotatable bonds is 4. The van der Waals surface area contributed by atoms with Crippen molar-refractivity contribution in [2.45, 2.75) is 33.4 Å². The molecular formula is C13H16FN3O. The van der Waals surface area contributed by atoms with Gasteiger partial charge in [-0.15, -0.1) is 0 Å². The molecule has 0 aliphatic carbocycles. The minimum atomic E-state index is -0.305. The van der Waals surface area contributed by atoms with Crippen molar-refractivity contribution in [3.8, 4) is 5.75 Å². The highest BCUT2D eigenvalue weighted by molar-refractivity contribution is 5.32. The molecule has 1 aromatic heterocycles. The number of benzene rings is 1. The molecule has 0 spiro atoms. The van der Waals surface area contributed by atoms with Gasteiger partial charge in [0.25, 0.3) is 0 Å². The van der Waals surface area contributed by atoms with Gasteiger partial charge in [0.1, 0.15) is 24.5 Å². The first-order chi connectivity index (χ1) is 8.58. The Bertz CT molecular complexity index is 537. The molecule has 0 unspecified atom stereocenters. The molecule has 4 nitrogen and oxygen atoms in total. The van der Waals surface area contributed by atoms with E-state index in [0.717, 1.165) is 11.4 Å². The summed E-state index contributed by atoms with van der Waals surface area (Å²) in [5.74, 6) is 0.961. The van der Waals surface area contributed by atoms with Crippen molar-refractivity contribution >= 4 is 0 Å². The van der Waals surface area contributed by atoms with Crippen LogP contribution in [0, 0.1) is 12.7 Å². The smallest absolute Gasteiger partial charge is 0.165 e. The molecule has 0 saturated heterocycles. The van der Waals surface area contributed by atoms with Crippen molar-refractivity contribution in [3.63, 3.8) is 0 Å². The predicted molar refractivity (Wildman–Crippen MR) is 65.9 cm³/mol. The summed E-state index contributed by atoms with van der Waals surface area (Å²) in [6.45, 7) is 6.20. The van der Waals surface area contributed by atoms with E-state index < -0.39 is 0 Å². The highest BCUT2D eigenvalue weighted by Gasteiger charge is 2.09. The normalized spacial score (nSPS) is 10.9. The molecule has 18 heavy (non-hydrogen) atoms. The van der Waals surface area contributed by atoms with Crippen LogP contribution in [0.3, 0.4) is 0 Å². The minimum absolute atomic E-state index is 0.222. The van der Waals surface area contributed by atoms with Crippen LogP contribution in [0.1, 0.15) is 31.3 Å². The molecule has 0 radical (unpaired) electrons. The molecule has 2 aromatic rings. The van der Waals surface area contributed by atoms with Crippen LogP contribution in [0.4, 0.5) is 4.39 Å². The van der Waals surface area contributed by atoms with Crippen molar-refractivity contribution in [2.75, 3.05) is 0 Å². The lowest BCUT2D eigenvalue weighted by Gasteiger charge is -2.11. The van der Waals surface area contributed by atoms with E-state index in [0.29, 0.717) is 5.75 Å². The standard InChI is InChI=1S/C13H16FN3O/c1-9(2)17-13(15-8-16-17)7-18-12-6-11(14)5-4-10(12)3/h4-6,8-9H,7H2,1-3H3. The van der Waals surface area contributed by atoms with Gasteiger partial charge in [0.05, 0.1) is 0 Å². The maximum absolute atomic E-state index is 13.1. The third-order valence-corrected chi connectivity index (χ3v) is 2.64. The first-order valence-electron chi connectivity index (χ1n) is 5.85. The van der Waals surface area contributed by atoms with Crippen molar-refractivity contribution in [1.82, 2.24) is 14.8 Å². The van der Waals surface area contributed by atoms with Crippen LogP contribution in [0.2, 0.25) is 0 Å². The molecule has 2 rings (SSSR count). The summed E-state index contributed by atoms with van der Waals surface area (Å²) in [4.78, 5) is 4.14. The van der Waals surface area contributed by atoms with Gasteiger partial charge in [-0.3, -0.25) is 0 Å². The number of hydrogen-bond donors (Lipinski definition) is 0. The molecule has 0 N–H and O–H groups in total. The van der Waals surface area contributed by atoms with Gasteiger partial charge in [0.15, 0.2) is 5.82 Å². The Morgan fingerprint density at radius 2 is 2.17 bits per heavy atom. The second-order valence-electron chi connectivity index (χ2n) is 4.41. The Kier molecular flexibility index (Phi) is 3.60. The van der Waals surface area contributed by atoms with Crippen molar-refractivity contribution in [1.29, 1.82) is 0 Å².